The molecular weight excluding hydrogens is 166 g/mol. The SMILES string of the molecule is C=C1C=CC(Br)=CN1. The molecule has 0 atom stereocenters. The maximum absolute atomic E-state index is 3.69. The van der Waals surface area contributed by atoms with Gasteiger partial charge in [0.1, 0.15) is 0 Å². The number of dihydropyridines is 1. The average molecular weight is 172 g/mol. The lowest BCUT2D eigenvalue weighted by Gasteiger charge is -2.03. The zero-order chi connectivity index (χ0) is 5.98. The first kappa shape index (κ1) is 5.63. The van der Waals surface area contributed by atoms with Crippen LogP contribution in [-0.2, 0) is 0 Å². The molecule has 1 rings (SSSR count). The summed E-state index contributed by atoms with van der Waals surface area (Å²) in [6.07, 6.45) is 5.70. The number of allylic oxidation sites excluding steroid dienone is 3. The summed E-state index contributed by atoms with van der Waals surface area (Å²) in [6, 6.07) is 0. The van der Waals surface area contributed by atoms with E-state index in [9.17, 15) is 0 Å². The fraction of sp³-hybridized carbons (Fsp3) is 0. The Hall–Kier alpha value is -0.500. The first-order valence-corrected chi connectivity index (χ1v) is 3.07. The van der Waals surface area contributed by atoms with Crippen LogP contribution in [0.1, 0.15) is 0 Å². The summed E-state index contributed by atoms with van der Waals surface area (Å²) in [4.78, 5) is 0. The molecule has 1 aliphatic rings. The number of hydrogen-bond donors (Lipinski definition) is 1. The topological polar surface area (TPSA) is 12.0 Å². The molecule has 0 aromatic heterocycles. The zero-order valence-electron chi connectivity index (χ0n) is 4.32. The molecule has 2 heteroatoms. The van der Waals surface area contributed by atoms with Crippen molar-refractivity contribution < 1.29 is 0 Å². The van der Waals surface area contributed by atoms with Crippen molar-refractivity contribution in [3.63, 3.8) is 0 Å². The van der Waals surface area contributed by atoms with Crippen molar-refractivity contribution in [2.24, 2.45) is 0 Å². The third kappa shape index (κ3) is 1.23. The van der Waals surface area contributed by atoms with E-state index in [1.807, 2.05) is 18.4 Å². The Labute approximate surface area is 56.9 Å². The number of nitrogens with one attached hydrogen (secondary N) is 1. The molecule has 0 bridgehead atoms. The van der Waals surface area contributed by atoms with Crippen molar-refractivity contribution in [1.29, 1.82) is 0 Å². The quantitative estimate of drug-likeness (QED) is 0.588. The molecule has 0 fully saturated rings. The van der Waals surface area contributed by atoms with Gasteiger partial charge >= 0.3 is 0 Å². The van der Waals surface area contributed by atoms with E-state index in [1.54, 1.807) is 0 Å². The average Bonchev–Trinajstić information content (AvgIpc) is 1.77. The summed E-state index contributed by atoms with van der Waals surface area (Å²) in [7, 11) is 0. The van der Waals surface area contributed by atoms with E-state index in [1.165, 1.54) is 0 Å². The first-order chi connectivity index (χ1) is 3.79. The fourth-order valence-corrected chi connectivity index (χ4v) is 0.685. The van der Waals surface area contributed by atoms with Gasteiger partial charge in [0, 0.05) is 16.4 Å². The van der Waals surface area contributed by atoms with Crippen molar-refractivity contribution in [3.05, 3.63) is 35.1 Å². The minimum Gasteiger partial charge on any atom is -0.361 e. The Balaban J connectivity index is 2.71. The highest BCUT2D eigenvalue weighted by Crippen LogP contribution is 2.10. The monoisotopic (exact) mass is 171 g/mol. The highest BCUT2D eigenvalue weighted by Gasteiger charge is 1.91. The van der Waals surface area contributed by atoms with Crippen LogP contribution < -0.4 is 5.32 Å². The summed E-state index contributed by atoms with van der Waals surface area (Å²) in [5.74, 6) is 0. The Kier molecular flexibility index (Phi) is 1.53. The molecule has 0 aliphatic carbocycles. The third-order valence-corrected chi connectivity index (χ3v) is 1.33. The van der Waals surface area contributed by atoms with Gasteiger partial charge in [0.2, 0.25) is 0 Å². The van der Waals surface area contributed by atoms with E-state index in [4.69, 9.17) is 0 Å². The van der Waals surface area contributed by atoms with Gasteiger partial charge in [0.25, 0.3) is 0 Å². The second-order valence-electron chi connectivity index (χ2n) is 1.53. The number of hydrogen-bond acceptors (Lipinski definition) is 1. The van der Waals surface area contributed by atoms with Crippen molar-refractivity contribution in [3.8, 4) is 0 Å². The van der Waals surface area contributed by atoms with Crippen LogP contribution in [0, 0.1) is 0 Å². The minimum absolute atomic E-state index is 0.924. The van der Waals surface area contributed by atoms with Gasteiger partial charge in [-0.2, -0.15) is 0 Å². The smallest absolute Gasteiger partial charge is 0.0336 e. The molecule has 42 valence electrons. The van der Waals surface area contributed by atoms with E-state index in [2.05, 4.69) is 27.8 Å². The van der Waals surface area contributed by atoms with Gasteiger partial charge in [-0.05, 0) is 28.1 Å². The van der Waals surface area contributed by atoms with Gasteiger partial charge < -0.3 is 5.32 Å². The molecule has 1 heterocycles. The van der Waals surface area contributed by atoms with E-state index < -0.39 is 0 Å². The van der Waals surface area contributed by atoms with E-state index in [0.717, 1.165) is 10.2 Å². The highest BCUT2D eigenvalue weighted by molar-refractivity contribution is 9.11. The molecule has 0 radical (unpaired) electrons. The van der Waals surface area contributed by atoms with E-state index >= 15 is 0 Å². The second kappa shape index (κ2) is 2.18. The standard InChI is InChI=1S/C6H6BrN/c1-5-2-3-6(7)4-8-5/h2-4,8H,1H2. The molecule has 1 aliphatic heterocycles. The Morgan fingerprint density at radius 3 is 2.62 bits per heavy atom. The van der Waals surface area contributed by atoms with Crippen LogP contribution in [0.5, 0.6) is 0 Å². The summed E-state index contributed by atoms with van der Waals surface area (Å²) in [5.41, 5.74) is 0.924. The summed E-state index contributed by atoms with van der Waals surface area (Å²) >= 11 is 3.29. The van der Waals surface area contributed by atoms with Crippen LogP contribution in [0.3, 0.4) is 0 Å². The van der Waals surface area contributed by atoms with Crippen LogP contribution >= 0.6 is 15.9 Å². The van der Waals surface area contributed by atoms with Crippen molar-refractivity contribution in [1.82, 2.24) is 5.32 Å². The highest BCUT2D eigenvalue weighted by atomic mass is 79.9. The number of rotatable bonds is 0. The fourth-order valence-electron chi connectivity index (χ4n) is 0.438. The van der Waals surface area contributed by atoms with Crippen molar-refractivity contribution >= 4 is 15.9 Å². The summed E-state index contributed by atoms with van der Waals surface area (Å²) in [5, 5.41) is 2.94. The van der Waals surface area contributed by atoms with Crippen molar-refractivity contribution in [2.45, 2.75) is 0 Å². The summed E-state index contributed by atoms with van der Waals surface area (Å²) in [6.45, 7) is 3.69. The van der Waals surface area contributed by atoms with Crippen LogP contribution in [0.15, 0.2) is 35.1 Å². The maximum atomic E-state index is 3.69. The number of halogens is 1. The van der Waals surface area contributed by atoms with Gasteiger partial charge in [-0.25, -0.2) is 0 Å². The lowest BCUT2D eigenvalue weighted by Crippen LogP contribution is -2.03. The van der Waals surface area contributed by atoms with Crippen LogP contribution in [0.2, 0.25) is 0 Å². The molecule has 0 aromatic rings. The predicted molar refractivity (Wildman–Crippen MR) is 38.4 cm³/mol. The second-order valence-corrected chi connectivity index (χ2v) is 2.45. The van der Waals surface area contributed by atoms with E-state index in [-0.39, 0.29) is 0 Å². The molecule has 0 saturated carbocycles. The molecule has 0 saturated heterocycles. The van der Waals surface area contributed by atoms with Crippen molar-refractivity contribution in [2.75, 3.05) is 0 Å². The van der Waals surface area contributed by atoms with E-state index in [0.29, 0.717) is 0 Å². The normalized spacial score (nSPS) is 17.6. The van der Waals surface area contributed by atoms with Crippen LogP contribution in [-0.4, -0.2) is 0 Å². The molecule has 1 nitrogen and oxygen atoms in total. The van der Waals surface area contributed by atoms with Gasteiger partial charge in [-0.3, -0.25) is 0 Å². The Morgan fingerprint density at radius 1 is 1.50 bits per heavy atom. The molecular formula is C6H6BrN. The Morgan fingerprint density at radius 2 is 2.25 bits per heavy atom. The van der Waals surface area contributed by atoms with Gasteiger partial charge in [-0.15, -0.1) is 0 Å². The lowest BCUT2D eigenvalue weighted by molar-refractivity contribution is 1.10. The molecule has 8 heavy (non-hydrogen) atoms. The predicted octanol–water partition coefficient (Wildman–Crippen LogP) is 1.90. The molecule has 0 amide bonds. The largest absolute Gasteiger partial charge is 0.361 e. The summed E-state index contributed by atoms with van der Waals surface area (Å²) < 4.78 is 1.05. The Bertz CT molecular complexity index is 165. The molecule has 0 aromatic carbocycles. The first-order valence-electron chi connectivity index (χ1n) is 2.28. The zero-order valence-corrected chi connectivity index (χ0v) is 5.90. The van der Waals surface area contributed by atoms with Crippen LogP contribution in [0.25, 0.3) is 0 Å². The third-order valence-electron chi connectivity index (χ3n) is 0.839. The molecule has 0 spiro atoms. The molecule has 0 unspecified atom stereocenters. The van der Waals surface area contributed by atoms with Crippen LogP contribution in [0.4, 0.5) is 0 Å². The lowest BCUT2D eigenvalue weighted by atomic mass is 10.3. The van der Waals surface area contributed by atoms with Gasteiger partial charge in [-0.1, -0.05) is 6.58 Å². The van der Waals surface area contributed by atoms with Gasteiger partial charge in [0.05, 0.1) is 0 Å². The minimum atomic E-state index is 0.924. The van der Waals surface area contributed by atoms with Gasteiger partial charge in [0.15, 0.2) is 0 Å². The molecule has 1 N–H and O–H groups in total. The maximum Gasteiger partial charge on any atom is 0.0336 e.